The largest absolute Gasteiger partial charge is 0.736 e. The van der Waals surface area contributed by atoms with Gasteiger partial charge in [-0.25, -0.2) is 22.0 Å². The molecule has 0 radical (unpaired) electrons. The third-order valence-electron chi connectivity index (χ3n) is 4.25. The maximum Gasteiger partial charge on any atom is 0.318 e. The van der Waals surface area contributed by atoms with Crippen LogP contribution in [0.2, 0.25) is 0 Å². The first-order valence-corrected chi connectivity index (χ1v) is 14.2. The van der Waals surface area contributed by atoms with Gasteiger partial charge in [0.2, 0.25) is 5.91 Å². The van der Waals surface area contributed by atoms with E-state index in [9.17, 15) is 27.4 Å². The highest BCUT2D eigenvalue weighted by Gasteiger charge is 2.17. The standard InChI is InChI=1S/2C6H15N.C4H7NO5S.C4H4O2.H3NO3S/c2*1-4-7(5-2)6-3;1-3(6)2-4(7)5-11(8,9)10;1-3-2-4(5)6-3;1-5(2,3)4/h2*4-6H2,1-3H3;2H2,1H3,(H,5,7)(H,8,9,10);1-2H2;(H3,1,2,3,4). The molecule has 0 aromatic carbocycles. The summed E-state index contributed by atoms with van der Waals surface area (Å²) in [4.78, 5) is 33.7. The predicted molar refractivity (Wildman–Crippen MR) is 132 cm³/mol. The molecule has 1 rings (SSSR count). The van der Waals surface area contributed by atoms with Crippen molar-refractivity contribution in [3.8, 4) is 0 Å². The average molecular weight is 565 g/mol. The molecule has 0 bridgehead atoms. The lowest BCUT2D eigenvalue weighted by Crippen LogP contribution is -3.11. The number of hydrogen-bond donors (Lipinski definition) is 4. The molecule has 0 aromatic heterocycles. The number of ether oxygens (including phenoxy) is 1. The smallest absolute Gasteiger partial charge is 0.318 e. The molecule has 0 aromatic rings. The van der Waals surface area contributed by atoms with Gasteiger partial charge in [0.05, 0.1) is 45.7 Å². The van der Waals surface area contributed by atoms with Crippen LogP contribution in [0.1, 0.15) is 61.3 Å². The van der Waals surface area contributed by atoms with E-state index in [1.54, 1.807) is 9.80 Å². The molecule has 1 aliphatic heterocycles. The number of quaternary nitrogens is 2. The molecule has 36 heavy (non-hydrogen) atoms. The van der Waals surface area contributed by atoms with Crippen LogP contribution >= 0.6 is 0 Å². The van der Waals surface area contributed by atoms with E-state index >= 15 is 0 Å². The van der Waals surface area contributed by atoms with Gasteiger partial charge in [0.25, 0.3) is 0 Å². The number of esters is 1. The van der Waals surface area contributed by atoms with Gasteiger partial charge in [-0.3, -0.25) is 19.1 Å². The molecule has 1 heterocycles. The lowest BCUT2D eigenvalue weighted by Gasteiger charge is -2.12. The molecule has 1 aliphatic rings. The molecule has 0 spiro atoms. The van der Waals surface area contributed by atoms with Crippen LogP contribution in [-0.4, -0.2) is 82.9 Å². The molecule has 5 N–H and O–H groups in total. The minimum atomic E-state index is -4.77. The Morgan fingerprint density at radius 3 is 1.28 bits per heavy atom. The predicted octanol–water partition coefficient (Wildman–Crippen LogP) is -2.74. The van der Waals surface area contributed by atoms with E-state index in [1.165, 1.54) is 39.3 Å². The summed E-state index contributed by atoms with van der Waals surface area (Å²) in [5.41, 5.74) is 0. The van der Waals surface area contributed by atoms with Gasteiger partial charge in [0.15, 0.2) is 20.6 Å². The minimum absolute atomic E-state index is 0.167. The van der Waals surface area contributed by atoms with Gasteiger partial charge in [-0.15, -0.1) is 0 Å². The summed E-state index contributed by atoms with van der Waals surface area (Å²) in [6.07, 6.45) is -0.179. The Hall–Kier alpha value is -1.95. The van der Waals surface area contributed by atoms with Crippen LogP contribution in [0.5, 0.6) is 0 Å². The van der Waals surface area contributed by atoms with Crippen LogP contribution < -0.4 is 19.7 Å². The summed E-state index contributed by atoms with van der Waals surface area (Å²) < 4.78 is 61.4. The summed E-state index contributed by atoms with van der Waals surface area (Å²) in [5, 5.41) is 3.77. The van der Waals surface area contributed by atoms with Gasteiger partial charge in [0, 0.05) is 0 Å². The number of amides is 1. The third-order valence-corrected chi connectivity index (χ3v) is 4.73. The first kappa shape index (κ1) is 41.2. The summed E-state index contributed by atoms with van der Waals surface area (Å²) in [6, 6.07) is 0. The summed E-state index contributed by atoms with van der Waals surface area (Å²) in [6.45, 7) is 25.4. The Kier molecular flexibility index (Phi) is 26.8. The topological polar surface area (TPSA) is 222 Å². The van der Waals surface area contributed by atoms with Crippen molar-refractivity contribution in [2.45, 2.75) is 61.3 Å². The van der Waals surface area contributed by atoms with Crippen molar-refractivity contribution in [1.29, 1.82) is 0 Å². The maximum absolute atomic E-state index is 10.4. The second kappa shape index (κ2) is 23.4. The Balaban J connectivity index is -0.000000183. The monoisotopic (exact) mass is 564 g/mol. The van der Waals surface area contributed by atoms with Crippen molar-refractivity contribution >= 4 is 38.3 Å². The van der Waals surface area contributed by atoms with E-state index < -0.39 is 38.7 Å². The van der Waals surface area contributed by atoms with Gasteiger partial charge >= 0.3 is 5.97 Å². The number of nitrogens with one attached hydrogen (secondary N) is 3. The van der Waals surface area contributed by atoms with Crippen LogP contribution in [0.15, 0.2) is 12.3 Å². The Morgan fingerprint density at radius 2 is 1.19 bits per heavy atom. The van der Waals surface area contributed by atoms with Gasteiger partial charge < -0.3 is 23.6 Å². The lowest BCUT2D eigenvalue weighted by atomic mass is 10.3. The number of carbonyl (C=O) groups is 3. The van der Waals surface area contributed by atoms with Gasteiger partial charge in [-0.05, 0) is 48.5 Å². The highest BCUT2D eigenvalue weighted by Crippen LogP contribution is 2.13. The second-order valence-electron chi connectivity index (χ2n) is 7.16. The van der Waals surface area contributed by atoms with Crippen molar-refractivity contribution < 1.29 is 54.9 Å². The quantitative estimate of drug-likeness (QED) is 0.128. The fourth-order valence-corrected chi connectivity index (χ4v) is 2.57. The van der Waals surface area contributed by atoms with Crippen molar-refractivity contribution in [3.05, 3.63) is 12.3 Å². The van der Waals surface area contributed by atoms with Crippen molar-refractivity contribution in [2.75, 3.05) is 39.3 Å². The molecule has 0 atom stereocenters. The Bertz CT molecular complexity index is 786. The van der Waals surface area contributed by atoms with Crippen LogP contribution in [0, 0.1) is 0 Å². The Labute approximate surface area is 216 Å². The first-order valence-electron chi connectivity index (χ1n) is 11.3. The SMILES string of the molecule is C=C1CC(=O)O1.CC(=O)CC(=O)NS(=O)(=O)[O-].CC[NH+](CC)CC.CC[NH+](CC)CC.NS(=O)(=O)[O-]. The van der Waals surface area contributed by atoms with Gasteiger partial charge in [-0.2, -0.15) is 0 Å². The van der Waals surface area contributed by atoms with E-state index in [1.807, 2.05) is 0 Å². The number of cyclic esters (lactones) is 1. The van der Waals surface area contributed by atoms with E-state index in [0.717, 1.165) is 11.6 Å². The van der Waals surface area contributed by atoms with Crippen LogP contribution in [0.4, 0.5) is 0 Å². The van der Waals surface area contributed by atoms with Crippen molar-refractivity contribution in [2.24, 2.45) is 5.14 Å². The highest BCUT2D eigenvalue weighted by molar-refractivity contribution is 7.84. The zero-order valence-electron chi connectivity index (χ0n) is 22.3. The summed E-state index contributed by atoms with van der Waals surface area (Å²) >= 11 is 0. The first-order chi connectivity index (χ1) is 16.3. The van der Waals surface area contributed by atoms with Crippen molar-refractivity contribution in [3.63, 3.8) is 0 Å². The van der Waals surface area contributed by atoms with E-state index in [-0.39, 0.29) is 5.97 Å². The molecule has 1 amide bonds. The number of rotatable bonds is 9. The second-order valence-corrected chi connectivity index (χ2v) is 9.26. The minimum Gasteiger partial charge on any atom is -0.736 e. The molecular formula is C20H44N4O10S2. The molecular weight excluding hydrogens is 520 g/mol. The van der Waals surface area contributed by atoms with Crippen LogP contribution in [0.25, 0.3) is 0 Å². The summed E-state index contributed by atoms with van der Waals surface area (Å²) in [5.74, 6) is -1.20. The molecule has 14 nitrogen and oxygen atoms in total. The van der Waals surface area contributed by atoms with E-state index in [4.69, 9.17) is 13.0 Å². The molecule has 0 unspecified atom stereocenters. The molecule has 1 fully saturated rings. The van der Waals surface area contributed by atoms with Crippen LogP contribution in [0.3, 0.4) is 0 Å². The molecule has 16 heteroatoms. The molecule has 216 valence electrons. The highest BCUT2D eigenvalue weighted by atomic mass is 32.2. The van der Waals surface area contributed by atoms with E-state index in [0.29, 0.717) is 12.2 Å². The number of nitrogens with two attached hydrogens (primary N) is 1. The van der Waals surface area contributed by atoms with Gasteiger partial charge in [0.1, 0.15) is 18.0 Å². The van der Waals surface area contributed by atoms with Crippen molar-refractivity contribution in [1.82, 2.24) is 4.72 Å². The fourth-order valence-electron chi connectivity index (χ4n) is 2.22. The van der Waals surface area contributed by atoms with Crippen LogP contribution in [-0.2, 0) is 39.7 Å². The Morgan fingerprint density at radius 1 is 0.917 bits per heavy atom. The number of hydrogen-bond acceptors (Lipinski definition) is 10. The molecule has 1 saturated heterocycles. The normalized spacial score (nSPS) is 12.1. The third kappa shape index (κ3) is 42.2. The maximum atomic E-state index is 10.4. The zero-order valence-corrected chi connectivity index (χ0v) is 24.0. The average Bonchev–Trinajstić information content (AvgIpc) is 2.68. The van der Waals surface area contributed by atoms with E-state index in [2.05, 4.69) is 58.0 Å². The van der Waals surface area contributed by atoms with Gasteiger partial charge in [-0.1, -0.05) is 6.58 Å². The fraction of sp³-hybridized carbons (Fsp3) is 0.750. The molecule has 0 aliphatic carbocycles. The zero-order chi connectivity index (χ0) is 29.5. The molecule has 0 saturated carbocycles. The number of ketones is 1. The number of Topliss-reactive ketones (excluding diaryl/α,β-unsaturated/α-hetero) is 1. The number of carbonyl (C=O) groups excluding carboxylic acids is 3. The lowest BCUT2D eigenvalue weighted by molar-refractivity contribution is -0.894. The summed E-state index contributed by atoms with van der Waals surface area (Å²) in [7, 11) is -9.19.